The minimum atomic E-state index is -0.808. The van der Waals surface area contributed by atoms with Crippen LogP contribution >= 0.6 is 33.9 Å². The first kappa shape index (κ1) is 32.3. The summed E-state index contributed by atoms with van der Waals surface area (Å²) in [6.07, 6.45) is 1.73. The fraction of sp³-hybridized carbons (Fsp3) is 0.355. The van der Waals surface area contributed by atoms with Gasteiger partial charge in [-0.05, 0) is 98.7 Å². The van der Waals surface area contributed by atoms with E-state index in [9.17, 15) is 14.4 Å². The summed E-state index contributed by atoms with van der Waals surface area (Å²) in [4.78, 5) is 44.1. The molecule has 1 aromatic heterocycles. The Kier molecular flexibility index (Phi) is 10.7. The van der Waals surface area contributed by atoms with Crippen molar-refractivity contribution < 1.29 is 33.3 Å². The van der Waals surface area contributed by atoms with Crippen molar-refractivity contribution in [1.82, 2.24) is 4.57 Å². The van der Waals surface area contributed by atoms with Gasteiger partial charge in [0, 0.05) is 6.92 Å². The van der Waals surface area contributed by atoms with Crippen LogP contribution in [0.25, 0.3) is 6.08 Å². The number of allylic oxidation sites excluding steroid dienone is 1. The van der Waals surface area contributed by atoms with Crippen LogP contribution in [0.5, 0.6) is 23.0 Å². The van der Waals surface area contributed by atoms with Crippen LogP contribution in [-0.2, 0) is 14.3 Å². The van der Waals surface area contributed by atoms with Gasteiger partial charge in [0.25, 0.3) is 5.56 Å². The first-order valence-corrected chi connectivity index (χ1v) is 15.8. The number of esters is 2. The molecule has 0 fully saturated rings. The van der Waals surface area contributed by atoms with Crippen LogP contribution in [0.3, 0.4) is 0 Å². The van der Waals surface area contributed by atoms with Crippen LogP contribution in [-0.4, -0.2) is 42.9 Å². The first-order chi connectivity index (χ1) is 20.6. The lowest BCUT2D eigenvalue weighted by molar-refractivity contribution is -0.139. The molecule has 1 atom stereocenters. The summed E-state index contributed by atoms with van der Waals surface area (Å²) in [7, 11) is 0. The third kappa shape index (κ3) is 6.96. The van der Waals surface area contributed by atoms with Gasteiger partial charge in [-0.25, -0.2) is 9.79 Å². The monoisotopic (exact) mass is 720 g/mol. The lowest BCUT2D eigenvalue weighted by atomic mass is 9.95. The number of thiazole rings is 1. The largest absolute Gasteiger partial charge is 0.490 e. The highest BCUT2D eigenvalue weighted by Crippen LogP contribution is 2.37. The fourth-order valence-electron chi connectivity index (χ4n) is 4.67. The number of ether oxygens (including phenoxy) is 5. The molecule has 0 unspecified atom stereocenters. The van der Waals surface area contributed by atoms with Gasteiger partial charge in [0.1, 0.15) is 0 Å². The molecule has 4 rings (SSSR count). The van der Waals surface area contributed by atoms with Crippen LogP contribution in [0.15, 0.2) is 51.4 Å². The van der Waals surface area contributed by atoms with Gasteiger partial charge in [0.2, 0.25) is 0 Å². The maximum Gasteiger partial charge on any atom is 0.338 e. The second-order valence-electron chi connectivity index (χ2n) is 9.23. The smallest absolute Gasteiger partial charge is 0.338 e. The van der Waals surface area contributed by atoms with Crippen molar-refractivity contribution in [3.8, 4) is 23.0 Å². The molecule has 0 aliphatic carbocycles. The molecular weight excluding hydrogens is 687 g/mol. The van der Waals surface area contributed by atoms with Gasteiger partial charge in [0.05, 0.1) is 51.8 Å². The molecule has 1 aliphatic rings. The van der Waals surface area contributed by atoms with E-state index in [1.165, 1.54) is 22.8 Å². The quantitative estimate of drug-likeness (QED) is 0.162. The maximum atomic E-state index is 14.1. The summed E-state index contributed by atoms with van der Waals surface area (Å²) in [5.41, 5.74) is 1.72. The normalized spacial score (nSPS) is 14.6. The SMILES string of the molecule is CCOC(=O)C1=C(C)N=c2s/c(=C\c3cc(I)c(OC(C)=O)c(OCC)c3)c(=O)n2[C@@H]1c1ccc(OCC)c(OCC)c1. The summed E-state index contributed by atoms with van der Waals surface area (Å²) in [6, 6.07) is 8.09. The van der Waals surface area contributed by atoms with E-state index in [1.807, 2.05) is 26.8 Å². The Morgan fingerprint density at radius 2 is 1.65 bits per heavy atom. The second-order valence-corrected chi connectivity index (χ2v) is 11.4. The number of hydrogen-bond acceptors (Lipinski definition) is 10. The van der Waals surface area contributed by atoms with Crippen molar-refractivity contribution in [3.63, 3.8) is 0 Å². The Hall–Kier alpha value is -3.65. The number of benzene rings is 2. The van der Waals surface area contributed by atoms with Crippen molar-refractivity contribution in [1.29, 1.82) is 0 Å². The molecular formula is C31H33IN2O8S. The number of fused-ring (bicyclic) bond motifs is 1. The van der Waals surface area contributed by atoms with Gasteiger partial charge in [0.15, 0.2) is 27.8 Å². The average Bonchev–Trinajstić information content (AvgIpc) is 3.25. The topological polar surface area (TPSA) is 115 Å². The van der Waals surface area contributed by atoms with E-state index in [4.69, 9.17) is 23.7 Å². The average molecular weight is 721 g/mol. The number of hydrogen-bond donors (Lipinski definition) is 0. The molecule has 1 aliphatic heterocycles. The van der Waals surface area contributed by atoms with Crippen LogP contribution in [0, 0.1) is 3.57 Å². The number of aromatic nitrogens is 1. The van der Waals surface area contributed by atoms with Crippen molar-refractivity contribution in [2.45, 2.75) is 47.6 Å². The molecule has 0 spiro atoms. The van der Waals surface area contributed by atoms with E-state index in [0.717, 1.165) is 0 Å². The molecule has 43 heavy (non-hydrogen) atoms. The minimum Gasteiger partial charge on any atom is -0.490 e. The van der Waals surface area contributed by atoms with Crippen LogP contribution in [0.4, 0.5) is 0 Å². The molecule has 0 radical (unpaired) electrons. The molecule has 3 aromatic rings. The Morgan fingerprint density at radius 1 is 0.977 bits per heavy atom. The van der Waals surface area contributed by atoms with Crippen molar-refractivity contribution >= 4 is 51.9 Å². The third-order valence-electron chi connectivity index (χ3n) is 6.28. The molecule has 0 N–H and O–H groups in total. The molecule has 0 saturated carbocycles. The Bertz CT molecular complexity index is 1760. The summed E-state index contributed by atoms with van der Waals surface area (Å²) < 4.78 is 30.7. The van der Waals surface area contributed by atoms with Crippen LogP contribution in [0.1, 0.15) is 58.7 Å². The number of halogens is 1. The van der Waals surface area contributed by atoms with E-state index in [2.05, 4.69) is 27.6 Å². The van der Waals surface area contributed by atoms with Crippen molar-refractivity contribution in [2.75, 3.05) is 26.4 Å². The zero-order valence-electron chi connectivity index (χ0n) is 24.8. The summed E-state index contributed by atoms with van der Waals surface area (Å²) >= 11 is 3.28. The van der Waals surface area contributed by atoms with E-state index < -0.39 is 18.0 Å². The molecule has 12 heteroatoms. The zero-order chi connectivity index (χ0) is 31.3. The zero-order valence-corrected chi connectivity index (χ0v) is 27.8. The highest BCUT2D eigenvalue weighted by atomic mass is 127. The van der Waals surface area contributed by atoms with Gasteiger partial charge in [-0.3, -0.25) is 14.2 Å². The number of carbonyl (C=O) groups is 2. The first-order valence-electron chi connectivity index (χ1n) is 13.9. The fourth-order valence-corrected chi connectivity index (χ4v) is 6.46. The molecule has 2 aromatic carbocycles. The van der Waals surface area contributed by atoms with Crippen molar-refractivity contribution in [2.24, 2.45) is 4.99 Å². The molecule has 0 saturated heterocycles. The molecule has 2 heterocycles. The van der Waals surface area contributed by atoms with E-state index >= 15 is 0 Å². The minimum absolute atomic E-state index is 0.171. The predicted octanol–water partition coefficient (Wildman–Crippen LogP) is 4.52. The van der Waals surface area contributed by atoms with Gasteiger partial charge in [-0.1, -0.05) is 17.4 Å². The Balaban J connectivity index is 1.93. The maximum absolute atomic E-state index is 14.1. The summed E-state index contributed by atoms with van der Waals surface area (Å²) in [6.45, 7) is 11.8. The van der Waals surface area contributed by atoms with E-state index in [-0.39, 0.29) is 17.7 Å². The van der Waals surface area contributed by atoms with E-state index in [0.29, 0.717) is 72.5 Å². The number of carbonyl (C=O) groups excluding carboxylic acids is 2. The molecule has 10 nitrogen and oxygen atoms in total. The Labute approximate surface area is 266 Å². The standard InChI is InChI=1S/C31H33IN2O8S/c1-7-38-22-12-11-20(16-23(22)39-8-2)27-26(30(37)41-10-4)17(5)33-31-34(27)29(36)25(43-31)15-19-13-21(32)28(42-18(6)35)24(14-19)40-9-3/h11-16,27H,7-10H2,1-6H3/b25-15-/t27-/m1/s1. The summed E-state index contributed by atoms with van der Waals surface area (Å²) in [5.74, 6) is 0.772. The van der Waals surface area contributed by atoms with Crippen molar-refractivity contribution in [3.05, 3.63) is 76.0 Å². The van der Waals surface area contributed by atoms with Gasteiger partial charge in [-0.15, -0.1) is 0 Å². The molecule has 0 amide bonds. The van der Waals surface area contributed by atoms with Crippen LogP contribution < -0.4 is 33.8 Å². The highest BCUT2D eigenvalue weighted by Gasteiger charge is 2.34. The lowest BCUT2D eigenvalue weighted by Crippen LogP contribution is -2.40. The lowest BCUT2D eigenvalue weighted by Gasteiger charge is -2.25. The second kappa shape index (κ2) is 14.2. The number of rotatable bonds is 11. The van der Waals surface area contributed by atoms with Gasteiger partial charge >= 0.3 is 11.9 Å². The predicted molar refractivity (Wildman–Crippen MR) is 171 cm³/mol. The molecule has 228 valence electrons. The van der Waals surface area contributed by atoms with Crippen LogP contribution in [0.2, 0.25) is 0 Å². The van der Waals surface area contributed by atoms with E-state index in [1.54, 1.807) is 44.2 Å². The molecule has 0 bridgehead atoms. The number of nitrogens with zero attached hydrogens (tertiary/aromatic N) is 2. The van der Waals surface area contributed by atoms with Gasteiger partial charge < -0.3 is 23.7 Å². The summed E-state index contributed by atoms with van der Waals surface area (Å²) in [5, 5.41) is 0. The Morgan fingerprint density at radius 3 is 2.30 bits per heavy atom. The van der Waals surface area contributed by atoms with Gasteiger partial charge in [-0.2, -0.15) is 0 Å². The highest BCUT2D eigenvalue weighted by molar-refractivity contribution is 14.1. The third-order valence-corrected chi connectivity index (χ3v) is 8.06.